The van der Waals surface area contributed by atoms with Crippen LogP contribution in [0.15, 0.2) is 17.9 Å². The molecule has 0 aliphatic rings. The smallest absolute Gasteiger partial charge is 0.180 e. The number of hydrogen-bond acceptors (Lipinski definition) is 4. The summed E-state index contributed by atoms with van der Waals surface area (Å²) in [6.45, 7) is 4.29. The number of anilines is 1. The second kappa shape index (κ2) is 4.65. The van der Waals surface area contributed by atoms with Crippen molar-refractivity contribution >= 4 is 16.5 Å². The molecule has 0 saturated carbocycles. The van der Waals surface area contributed by atoms with E-state index in [1.54, 1.807) is 0 Å². The molecule has 86 valence electrons. The first-order valence-electron chi connectivity index (χ1n) is 5.37. The van der Waals surface area contributed by atoms with E-state index in [1.165, 1.54) is 11.3 Å². The van der Waals surface area contributed by atoms with Crippen molar-refractivity contribution in [2.45, 2.75) is 32.7 Å². The van der Waals surface area contributed by atoms with Gasteiger partial charge in [-0.05, 0) is 26.7 Å². The van der Waals surface area contributed by atoms with Gasteiger partial charge in [-0.3, -0.25) is 0 Å². The van der Waals surface area contributed by atoms with Crippen LogP contribution in [0.2, 0.25) is 0 Å². The molecule has 0 aliphatic heterocycles. The maximum atomic E-state index is 5.58. The minimum atomic E-state index is 0.469. The van der Waals surface area contributed by atoms with E-state index in [0.717, 1.165) is 24.2 Å². The van der Waals surface area contributed by atoms with Gasteiger partial charge in [-0.2, -0.15) is 0 Å². The number of rotatable bonds is 4. The Morgan fingerprint density at radius 1 is 1.38 bits per heavy atom. The molecule has 5 heteroatoms. The van der Waals surface area contributed by atoms with E-state index in [9.17, 15) is 0 Å². The Hall–Kier alpha value is -1.36. The first-order chi connectivity index (χ1) is 7.65. The molecular formula is C11H16N4S. The van der Waals surface area contributed by atoms with Crippen molar-refractivity contribution in [1.82, 2.24) is 14.5 Å². The van der Waals surface area contributed by atoms with E-state index in [4.69, 9.17) is 5.73 Å². The highest BCUT2D eigenvalue weighted by molar-refractivity contribution is 7.13. The summed E-state index contributed by atoms with van der Waals surface area (Å²) in [4.78, 5) is 8.60. The van der Waals surface area contributed by atoms with Crippen LogP contribution in [-0.4, -0.2) is 14.5 Å². The van der Waals surface area contributed by atoms with E-state index < -0.39 is 0 Å². The van der Waals surface area contributed by atoms with Crippen molar-refractivity contribution < 1.29 is 0 Å². The monoisotopic (exact) mass is 236 g/mol. The highest BCUT2D eigenvalue weighted by atomic mass is 32.1. The third-order valence-electron chi connectivity index (χ3n) is 2.46. The van der Waals surface area contributed by atoms with Crippen LogP contribution in [-0.2, 0) is 12.8 Å². The second-order valence-corrected chi connectivity index (χ2v) is 4.97. The first kappa shape index (κ1) is 11.1. The maximum Gasteiger partial charge on any atom is 0.180 e. The van der Waals surface area contributed by atoms with Gasteiger partial charge in [0, 0.05) is 17.6 Å². The molecule has 0 saturated heterocycles. The third kappa shape index (κ3) is 2.61. The molecule has 0 spiro atoms. The van der Waals surface area contributed by atoms with Gasteiger partial charge in [0.2, 0.25) is 0 Å². The minimum Gasteiger partial charge on any atom is -0.375 e. The Kier molecular flexibility index (Phi) is 3.24. The number of hydrogen-bond donors (Lipinski definition) is 1. The van der Waals surface area contributed by atoms with Gasteiger partial charge < -0.3 is 10.3 Å². The van der Waals surface area contributed by atoms with Gasteiger partial charge in [-0.1, -0.05) is 0 Å². The zero-order valence-corrected chi connectivity index (χ0v) is 10.4. The molecular weight excluding hydrogens is 220 g/mol. The van der Waals surface area contributed by atoms with Crippen molar-refractivity contribution in [2.75, 3.05) is 5.73 Å². The summed E-state index contributed by atoms with van der Waals surface area (Å²) >= 11 is 1.49. The van der Waals surface area contributed by atoms with Crippen LogP contribution in [0.3, 0.4) is 0 Å². The number of thiazole rings is 1. The number of aromatic nitrogens is 3. The Balaban J connectivity index is 1.94. The molecule has 16 heavy (non-hydrogen) atoms. The van der Waals surface area contributed by atoms with E-state index in [-0.39, 0.29) is 0 Å². The van der Waals surface area contributed by atoms with Gasteiger partial charge >= 0.3 is 0 Å². The van der Waals surface area contributed by atoms with Crippen LogP contribution in [0.1, 0.15) is 31.3 Å². The Bertz CT molecular complexity index is 458. The van der Waals surface area contributed by atoms with Crippen LogP contribution >= 0.6 is 11.3 Å². The molecule has 0 fully saturated rings. The normalized spacial score (nSPS) is 11.2. The van der Waals surface area contributed by atoms with Crippen LogP contribution in [0.4, 0.5) is 5.13 Å². The topological polar surface area (TPSA) is 56.7 Å². The SMILES string of the molecule is CC(C)n1cnc(CCc2csc(N)n2)c1. The number of nitrogens with zero attached hydrogens (tertiary/aromatic N) is 3. The summed E-state index contributed by atoms with van der Waals surface area (Å²) in [5.74, 6) is 0. The molecule has 2 aromatic heterocycles. The fourth-order valence-electron chi connectivity index (χ4n) is 1.48. The summed E-state index contributed by atoms with van der Waals surface area (Å²) in [7, 11) is 0. The Morgan fingerprint density at radius 3 is 2.69 bits per heavy atom. The first-order valence-corrected chi connectivity index (χ1v) is 6.25. The lowest BCUT2D eigenvalue weighted by atomic mass is 10.2. The van der Waals surface area contributed by atoms with E-state index >= 15 is 0 Å². The average Bonchev–Trinajstić information content (AvgIpc) is 2.83. The van der Waals surface area contributed by atoms with Gasteiger partial charge in [0.25, 0.3) is 0 Å². The minimum absolute atomic E-state index is 0.469. The highest BCUT2D eigenvalue weighted by Crippen LogP contribution is 2.13. The average molecular weight is 236 g/mol. The van der Waals surface area contributed by atoms with Crippen molar-refractivity contribution in [3.63, 3.8) is 0 Å². The molecule has 0 aliphatic carbocycles. The second-order valence-electron chi connectivity index (χ2n) is 4.08. The molecule has 0 amide bonds. The summed E-state index contributed by atoms with van der Waals surface area (Å²) in [6, 6.07) is 0.469. The van der Waals surface area contributed by atoms with Crippen LogP contribution in [0.25, 0.3) is 0 Å². The number of aryl methyl sites for hydroxylation is 2. The standard InChI is InChI=1S/C11H16N4S/c1-8(2)15-5-9(13-7-15)3-4-10-6-16-11(12)14-10/h5-8H,3-4H2,1-2H3,(H2,12,14). The van der Waals surface area contributed by atoms with Gasteiger partial charge in [-0.15, -0.1) is 11.3 Å². The van der Waals surface area contributed by atoms with Crippen molar-refractivity contribution in [2.24, 2.45) is 0 Å². The zero-order chi connectivity index (χ0) is 11.5. The largest absolute Gasteiger partial charge is 0.375 e. The van der Waals surface area contributed by atoms with Crippen LogP contribution in [0.5, 0.6) is 0 Å². The van der Waals surface area contributed by atoms with E-state index in [2.05, 4.69) is 34.6 Å². The van der Waals surface area contributed by atoms with Gasteiger partial charge in [0.1, 0.15) is 0 Å². The predicted octanol–water partition coefficient (Wildman–Crippen LogP) is 2.29. The molecule has 2 aromatic rings. The van der Waals surface area contributed by atoms with E-state index in [0.29, 0.717) is 11.2 Å². The quantitative estimate of drug-likeness (QED) is 0.886. The zero-order valence-electron chi connectivity index (χ0n) is 9.55. The lowest BCUT2D eigenvalue weighted by Crippen LogP contribution is -1.96. The number of nitrogens with two attached hydrogens (primary N) is 1. The summed E-state index contributed by atoms with van der Waals surface area (Å²) in [5.41, 5.74) is 7.75. The molecule has 2 rings (SSSR count). The van der Waals surface area contributed by atoms with Crippen molar-refractivity contribution in [3.05, 3.63) is 29.3 Å². The third-order valence-corrected chi connectivity index (χ3v) is 3.18. The van der Waals surface area contributed by atoms with Gasteiger partial charge in [0.05, 0.1) is 17.7 Å². The number of imidazole rings is 1. The predicted molar refractivity (Wildman–Crippen MR) is 66.5 cm³/mol. The van der Waals surface area contributed by atoms with Crippen molar-refractivity contribution in [1.29, 1.82) is 0 Å². The fourth-order valence-corrected chi connectivity index (χ4v) is 2.08. The lowest BCUT2D eigenvalue weighted by Gasteiger charge is -2.03. The van der Waals surface area contributed by atoms with E-state index in [1.807, 2.05) is 11.7 Å². The maximum absolute atomic E-state index is 5.58. The van der Waals surface area contributed by atoms with Crippen LogP contribution < -0.4 is 5.73 Å². The summed E-state index contributed by atoms with van der Waals surface area (Å²) in [6.07, 6.45) is 5.81. The molecule has 2 N–H and O–H groups in total. The molecule has 0 bridgehead atoms. The molecule has 0 unspecified atom stereocenters. The molecule has 4 nitrogen and oxygen atoms in total. The molecule has 0 aromatic carbocycles. The van der Waals surface area contributed by atoms with Gasteiger partial charge in [0.15, 0.2) is 5.13 Å². The van der Waals surface area contributed by atoms with Crippen molar-refractivity contribution in [3.8, 4) is 0 Å². The lowest BCUT2D eigenvalue weighted by molar-refractivity contribution is 0.599. The fraction of sp³-hybridized carbons (Fsp3) is 0.455. The van der Waals surface area contributed by atoms with Crippen LogP contribution in [0, 0.1) is 0 Å². The Labute approximate surface area is 99.2 Å². The summed E-state index contributed by atoms with van der Waals surface area (Å²) in [5, 5.41) is 2.65. The molecule has 2 heterocycles. The summed E-state index contributed by atoms with van der Waals surface area (Å²) < 4.78 is 2.12. The number of nitrogen functional groups attached to an aromatic ring is 1. The Morgan fingerprint density at radius 2 is 2.12 bits per heavy atom. The molecule has 0 radical (unpaired) electrons. The van der Waals surface area contributed by atoms with Gasteiger partial charge in [-0.25, -0.2) is 9.97 Å². The highest BCUT2D eigenvalue weighted by Gasteiger charge is 2.04. The molecule has 0 atom stereocenters.